The lowest BCUT2D eigenvalue weighted by atomic mass is 10.2. The Hall–Kier alpha value is -0.580. The van der Waals surface area contributed by atoms with E-state index in [1.807, 2.05) is 19.0 Å². The fraction of sp³-hybridized carbons (Fsp3) is 0.667. The third-order valence-electron chi connectivity index (χ3n) is 2.10. The molecule has 0 amide bonds. The van der Waals surface area contributed by atoms with Crippen LogP contribution in [0.2, 0.25) is 5.02 Å². The Morgan fingerprint density at radius 2 is 2.29 bits per heavy atom. The number of hydrogen-bond donors (Lipinski definition) is 1. The predicted molar refractivity (Wildman–Crippen MR) is 56.3 cm³/mol. The minimum absolute atomic E-state index is 0.527. The SMILES string of the molecule is CN(C)CCC(O)c1c(Cl)cnn1C. The van der Waals surface area contributed by atoms with Crippen molar-refractivity contribution in [3.63, 3.8) is 0 Å². The fourth-order valence-corrected chi connectivity index (χ4v) is 1.60. The Kier molecular flexibility index (Phi) is 3.92. The minimum Gasteiger partial charge on any atom is -0.387 e. The summed E-state index contributed by atoms with van der Waals surface area (Å²) >= 11 is 5.90. The Morgan fingerprint density at radius 3 is 2.71 bits per heavy atom. The van der Waals surface area contributed by atoms with Gasteiger partial charge in [-0.2, -0.15) is 5.10 Å². The lowest BCUT2D eigenvalue weighted by Crippen LogP contribution is -2.17. The summed E-state index contributed by atoms with van der Waals surface area (Å²) in [5, 5.41) is 14.4. The number of halogens is 1. The molecule has 0 saturated carbocycles. The maximum atomic E-state index is 9.85. The zero-order valence-electron chi connectivity index (χ0n) is 8.74. The first-order valence-electron chi connectivity index (χ1n) is 4.52. The molecule has 0 radical (unpaired) electrons. The minimum atomic E-state index is -0.544. The van der Waals surface area contributed by atoms with E-state index in [0.717, 1.165) is 6.54 Å². The Labute approximate surface area is 89.1 Å². The zero-order valence-corrected chi connectivity index (χ0v) is 9.49. The molecule has 1 atom stereocenters. The molecular formula is C9H16ClN3O. The molecule has 80 valence electrons. The molecule has 1 rings (SSSR count). The molecule has 0 spiro atoms. The summed E-state index contributed by atoms with van der Waals surface area (Å²) in [5.74, 6) is 0. The van der Waals surface area contributed by atoms with Crippen molar-refractivity contribution in [2.45, 2.75) is 12.5 Å². The van der Waals surface area contributed by atoms with E-state index in [2.05, 4.69) is 5.10 Å². The molecule has 5 heteroatoms. The van der Waals surface area contributed by atoms with Crippen LogP contribution in [0.5, 0.6) is 0 Å². The standard InChI is InChI=1S/C9H16ClN3O/c1-12(2)5-4-8(14)9-7(10)6-11-13(9)3/h6,8,14H,4-5H2,1-3H3. The fourth-order valence-electron chi connectivity index (χ4n) is 1.31. The summed E-state index contributed by atoms with van der Waals surface area (Å²) in [4.78, 5) is 2.02. The van der Waals surface area contributed by atoms with Gasteiger partial charge in [-0.15, -0.1) is 0 Å². The van der Waals surface area contributed by atoms with Crippen LogP contribution in [0.1, 0.15) is 18.2 Å². The van der Waals surface area contributed by atoms with Crippen LogP contribution < -0.4 is 0 Å². The average molecular weight is 218 g/mol. The first-order chi connectivity index (χ1) is 6.52. The van der Waals surface area contributed by atoms with Gasteiger partial charge in [-0.1, -0.05) is 11.6 Å². The van der Waals surface area contributed by atoms with E-state index in [0.29, 0.717) is 17.1 Å². The van der Waals surface area contributed by atoms with Crippen LogP contribution in [-0.4, -0.2) is 40.4 Å². The van der Waals surface area contributed by atoms with Crippen molar-refractivity contribution in [1.82, 2.24) is 14.7 Å². The number of aromatic nitrogens is 2. The molecule has 1 aromatic rings. The largest absolute Gasteiger partial charge is 0.387 e. The van der Waals surface area contributed by atoms with Crippen LogP contribution in [0, 0.1) is 0 Å². The second-order valence-electron chi connectivity index (χ2n) is 3.61. The van der Waals surface area contributed by atoms with Crippen LogP contribution in [0.4, 0.5) is 0 Å². The van der Waals surface area contributed by atoms with Gasteiger partial charge in [0, 0.05) is 13.6 Å². The molecule has 0 aromatic carbocycles. The van der Waals surface area contributed by atoms with Gasteiger partial charge in [-0.3, -0.25) is 4.68 Å². The molecule has 0 saturated heterocycles. The first kappa shape index (κ1) is 11.5. The summed E-state index contributed by atoms with van der Waals surface area (Å²) in [7, 11) is 5.72. The third kappa shape index (κ3) is 2.70. The highest BCUT2D eigenvalue weighted by Crippen LogP contribution is 2.24. The molecule has 0 bridgehead atoms. The molecule has 14 heavy (non-hydrogen) atoms. The number of nitrogens with zero attached hydrogens (tertiary/aromatic N) is 3. The molecule has 1 aromatic heterocycles. The van der Waals surface area contributed by atoms with Gasteiger partial charge < -0.3 is 10.0 Å². The van der Waals surface area contributed by atoms with E-state index in [1.54, 1.807) is 17.9 Å². The van der Waals surface area contributed by atoms with Crippen LogP contribution in [0.3, 0.4) is 0 Å². The number of hydrogen-bond acceptors (Lipinski definition) is 3. The Morgan fingerprint density at radius 1 is 1.64 bits per heavy atom. The highest BCUT2D eigenvalue weighted by atomic mass is 35.5. The van der Waals surface area contributed by atoms with E-state index in [1.165, 1.54) is 0 Å². The van der Waals surface area contributed by atoms with Gasteiger partial charge in [-0.25, -0.2) is 0 Å². The van der Waals surface area contributed by atoms with Gasteiger partial charge in [0.05, 0.1) is 23.0 Å². The highest BCUT2D eigenvalue weighted by molar-refractivity contribution is 6.31. The van der Waals surface area contributed by atoms with Crippen molar-refractivity contribution in [2.24, 2.45) is 7.05 Å². The molecule has 0 aliphatic heterocycles. The van der Waals surface area contributed by atoms with Gasteiger partial charge >= 0.3 is 0 Å². The first-order valence-corrected chi connectivity index (χ1v) is 4.90. The summed E-state index contributed by atoms with van der Waals surface area (Å²) in [6.07, 6.45) is 1.67. The van der Waals surface area contributed by atoms with E-state index >= 15 is 0 Å². The van der Waals surface area contributed by atoms with Crippen molar-refractivity contribution in [1.29, 1.82) is 0 Å². The normalized spacial score (nSPS) is 13.6. The lowest BCUT2D eigenvalue weighted by molar-refractivity contribution is 0.145. The monoisotopic (exact) mass is 217 g/mol. The van der Waals surface area contributed by atoms with Crippen molar-refractivity contribution in [3.05, 3.63) is 16.9 Å². The van der Waals surface area contributed by atoms with Crippen molar-refractivity contribution in [2.75, 3.05) is 20.6 Å². The van der Waals surface area contributed by atoms with E-state index < -0.39 is 6.10 Å². The van der Waals surface area contributed by atoms with Crippen LogP contribution in [-0.2, 0) is 7.05 Å². The lowest BCUT2D eigenvalue weighted by Gasteiger charge is -2.14. The molecule has 0 aliphatic rings. The van der Waals surface area contributed by atoms with Gasteiger partial charge in [0.1, 0.15) is 0 Å². The molecule has 1 N–H and O–H groups in total. The molecule has 4 nitrogen and oxygen atoms in total. The molecule has 1 heterocycles. The summed E-state index contributed by atoms with van der Waals surface area (Å²) in [5.41, 5.74) is 0.688. The van der Waals surface area contributed by atoms with E-state index in [-0.39, 0.29) is 0 Å². The number of rotatable bonds is 4. The molecular weight excluding hydrogens is 202 g/mol. The van der Waals surface area contributed by atoms with Crippen LogP contribution in [0.15, 0.2) is 6.20 Å². The second kappa shape index (κ2) is 4.77. The van der Waals surface area contributed by atoms with E-state index in [9.17, 15) is 5.11 Å². The summed E-state index contributed by atoms with van der Waals surface area (Å²) in [6, 6.07) is 0. The summed E-state index contributed by atoms with van der Waals surface area (Å²) < 4.78 is 1.61. The van der Waals surface area contributed by atoms with Crippen molar-refractivity contribution < 1.29 is 5.11 Å². The van der Waals surface area contributed by atoms with Crippen molar-refractivity contribution in [3.8, 4) is 0 Å². The van der Waals surface area contributed by atoms with Crippen LogP contribution in [0.25, 0.3) is 0 Å². The third-order valence-corrected chi connectivity index (χ3v) is 2.39. The average Bonchev–Trinajstić information content (AvgIpc) is 2.42. The molecule has 0 fully saturated rings. The summed E-state index contributed by atoms with van der Waals surface area (Å²) in [6.45, 7) is 0.822. The van der Waals surface area contributed by atoms with Gasteiger partial charge in [0.25, 0.3) is 0 Å². The highest BCUT2D eigenvalue weighted by Gasteiger charge is 2.16. The molecule has 1 unspecified atom stereocenters. The van der Waals surface area contributed by atoms with Gasteiger partial charge in [0.2, 0.25) is 0 Å². The van der Waals surface area contributed by atoms with Gasteiger partial charge in [-0.05, 0) is 20.5 Å². The number of aliphatic hydroxyl groups is 1. The smallest absolute Gasteiger partial charge is 0.0983 e. The predicted octanol–water partition coefficient (Wildman–Crippen LogP) is 1.06. The van der Waals surface area contributed by atoms with E-state index in [4.69, 9.17) is 11.6 Å². The molecule has 0 aliphatic carbocycles. The van der Waals surface area contributed by atoms with Crippen molar-refractivity contribution >= 4 is 11.6 Å². The topological polar surface area (TPSA) is 41.3 Å². The van der Waals surface area contributed by atoms with Gasteiger partial charge in [0.15, 0.2) is 0 Å². The number of aryl methyl sites for hydroxylation is 1. The second-order valence-corrected chi connectivity index (χ2v) is 4.02. The van der Waals surface area contributed by atoms with Crippen LogP contribution >= 0.6 is 11.6 Å². The Bertz CT molecular complexity index is 279. The number of aliphatic hydroxyl groups excluding tert-OH is 1. The Balaban J connectivity index is 2.64. The quantitative estimate of drug-likeness (QED) is 0.820. The maximum Gasteiger partial charge on any atom is 0.0983 e. The maximum absolute atomic E-state index is 9.85. The zero-order chi connectivity index (χ0) is 10.7.